The molecular weight excluding hydrogens is 1670 g/mol. The largest absolute Gasteiger partial charge is 0.530 e. The number of para-hydroxylation sites is 2. The summed E-state index contributed by atoms with van der Waals surface area (Å²) >= 11 is 5.21. The van der Waals surface area contributed by atoms with Gasteiger partial charge in [0.1, 0.15) is 74.3 Å². The monoisotopic (exact) mass is 1780 g/mol. The molecule has 0 bridgehead atoms. The maximum absolute atomic E-state index is 15.8. The number of carbonyl (C=O) groups excluding carboxylic acids is 6. The van der Waals surface area contributed by atoms with Crippen molar-refractivity contribution in [1.29, 1.82) is 0 Å². The second kappa shape index (κ2) is 41.6. The molecule has 2 aromatic carbocycles. The first-order valence-electron chi connectivity index (χ1n) is 36.9. The predicted molar refractivity (Wildman–Crippen MR) is 444 cm³/mol. The summed E-state index contributed by atoms with van der Waals surface area (Å²) in [6.45, 7) is 32.4. The quantitative estimate of drug-likeness (QED) is 0.0293. The minimum absolute atomic E-state index is 0.00593. The Morgan fingerprint density at radius 3 is 1.12 bits per heavy atom. The topological polar surface area (TPSA) is 406 Å². The van der Waals surface area contributed by atoms with Gasteiger partial charge in [0.25, 0.3) is 0 Å². The number of anilines is 3. The lowest BCUT2D eigenvalue weighted by Crippen LogP contribution is -2.45. The number of ether oxygens (including phenoxy) is 4. The van der Waals surface area contributed by atoms with Gasteiger partial charge in [-0.2, -0.15) is 24.8 Å². The second-order valence-electron chi connectivity index (χ2n) is 32.7. The molecule has 0 spiro atoms. The lowest BCUT2D eigenvalue weighted by atomic mass is 9.99. The van der Waals surface area contributed by atoms with Crippen molar-refractivity contribution in [2.45, 2.75) is 217 Å². The molecule has 4 N–H and O–H groups in total. The Bertz CT molecular complexity index is 4450. The molecule has 117 heavy (non-hydrogen) atoms. The summed E-state index contributed by atoms with van der Waals surface area (Å²) in [6, 6.07) is 20.3. The van der Waals surface area contributed by atoms with E-state index >= 15 is 4.39 Å². The van der Waals surface area contributed by atoms with E-state index in [9.17, 15) is 71.3 Å². The number of aliphatic hydroxyl groups is 2. The Morgan fingerprint density at radius 2 is 0.795 bits per heavy atom. The van der Waals surface area contributed by atoms with Gasteiger partial charge < -0.3 is 43.9 Å². The standard InChI is InChI=1S/C33H47FN3O10PS2.C22H29FN3O7PS2.C20H30FN3O6S/c1-21-23(20-44-48(42,47-22-14-12-11-13-15-22)43-18-19-49-27(38)31(2,3)4)50-26(25(21)34)36-17-16-24(35-28(36)39)37(29(40)45-32(5,6)7)30(41)46-33(8,9)10;1-22(2,3)20(28)35-12-11-31-34(30,33-14-7-5-4-6-8-14)32-13-15-18(27)17(23)19(36-15)26-10-9-16(24)25-21(26)29;1-11-12(10-25)31-15(14(11)21)23-9-8-13(22-16(23)26)24(17(27)29-19(2,3)4)18(28)30-20(5,6)7/h11-17,21,23,25-26H,18-20H2,1-10H3;4-10,15,17-19,27H,11-13H2,1-3H3,(H2,24,25,29);8-9,11-12,14-15,25H,10H2,1-7H3/t21-,23-,25+,26-,48?;15-,17+,18-,19-,34?;11-,12-,14+,15-/m111/s1. The number of phosphoric ester groups is 2. The Labute approximate surface area is 698 Å². The average molecular weight is 1780 g/mol. The SMILES string of the molecule is CC(C)(C)C(=O)SCCOP(=O)(OC[C@H]1S[C@@H](n2ccc(N)nc2=O)[C@@H](F)[C@@H]1O)Oc1ccccc1.C[C@H]1[C@H](F)[C@H](n2ccc(N(C(=O)OC(C)(C)C)C(=O)OC(C)(C)C)nc2=O)S[C@@H]1CO.C[C@H]1[C@H](F)[C@H](n2ccc(N(C(=O)OC(C)(C)C)C(=O)OC(C)(C)C)nc2=O)S[C@@H]1COP(=O)(OCCSC(=O)C(C)(C)C)Oc1ccccc1. The van der Waals surface area contributed by atoms with E-state index in [-0.39, 0.29) is 82.4 Å². The van der Waals surface area contributed by atoms with Gasteiger partial charge in [-0.1, -0.05) is 115 Å². The first-order valence-corrected chi connectivity index (χ1v) is 44.6. The highest BCUT2D eigenvalue weighted by atomic mass is 32.2. The molecule has 14 atom stereocenters. The molecule has 0 saturated carbocycles. The highest BCUT2D eigenvalue weighted by molar-refractivity contribution is 8.14. The number of imide groups is 2. The maximum Gasteiger partial charge on any atom is 0.530 e. The van der Waals surface area contributed by atoms with Crippen molar-refractivity contribution in [2.75, 3.05) is 60.1 Å². The van der Waals surface area contributed by atoms with Gasteiger partial charge in [-0.05, 0) is 126 Å². The third-order valence-electron chi connectivity index (χ3n) is 16.0. The number of halogens is 3. The van der Waals surface area contributed by atoms with Crippen LogP contribution in [0.1, 0.15) is 155 Å². The third-order valence-corrected chi connectivity index (χ3v) is 26.2. The average Bonchev–Trinajstić information content (AvgIpc) is 1.72. The first-order chi connectivity index (χ1) is 54.0. The van der Waals surface area contributed by atoms with E-state index in [0.717, 1.165) is 72.5 Å². The van der Waals surface area contributed by atoms with Gasteiger partial charge >= 0.3 is 57.1 Å². The number of aliphatic hydroxyl groups excluding tert-OH is 2. The number of rotatable bonds is 24. The molecule has 6 heterocycles. The van der Waals surface area contributed by atoms with Crippen LogP contribution in [0.5, 0.6) is 11.5 Å². The fraction of sp³-hybridized carbons (Fsp3) is 0.600. The number of nitrogen functional groups attached to an aromatic ring is 1. The number of amides is 4. The zero-order valence-electron chi connectivity index (χ0n) is 68.8. The molecule has 32 nitrogen and oxygen atoms in total. The van der Waals surface area contributed by atoms with Crippen LogP contribution in [0.4, 0.5) is 49.8 Å². The number of aromatic nitrogens is 6. The molecule has 3 aliphatic heterocycles. The van der Waals surface area contributed by atoms with Crippen LogP contribution < -0.4 is 41.7 Å². The summed E-state index contributed by atoms with van der Waals surface area (Å²) in [5.41, 5.74) is -1.93. The molecular formula is C75H106F3N9O23P2S5. The number of nitrogens with two attached hydrogens (primary N) is 1. The highest BCUT2D eigenvalue weighted by Gasteiger charge is 2.49. The minimum Gasteiger partial charge on any atom is -0.443 e. The number of benzene rings is 2. The summed E-state index contributed by atoms with van der Waals surface area (Å²) in [7, 11) is -8.46. The van der Waals surface area contributed by atoms with Gasteiger partial charge in [0.2, 0.25) is 0 Å². The Morgan fingerprint density at radius 1 is 0.479 bits per heavy atom. The normalized spacial score (nSPS) is 22.6. The van der Waals surface area contributed by atoms with Crippen molar-refractivity contribution in [2.24, 2.45) is 22.7 Å². The van der Waals surface area contributed by atoms with Crippen molar-refractivity contribution in [1.82, 2.24) is 28.7 Å². The van der Waals surface area contributed by atoms with Gasteiger partial charge in [0.05, 0.1) is 38.3 Å². The Hall–Kier alpha value is -6.94. The van der Waals surface area contributed by atoms with E-state index in [2.05, 4.69) is 15.0 Å². The van der Waals surface area contributed by atoms with Crippen LogP contribution >= 0.6 is 74.5 Å². The van der Waals surface area contributed by atoms with Crippen LogP contribution in [0, 0.1) is 22.7 Å². The number of hydrogen-bond acceptors (Lipinski definition) is 32. The summed E-state index contributed by atoms with van der Waals surface area (Å²) in [5, 5.41) is 14.9. The third kappa shape index (κ3) is 30.0. The van der Waals surface area contributed by atoms with Crippen LogP contribution in [0.25, 0.3) is 0 Å². The Kier molecular flexibility index (Phi) is 35.1. The van der Waals surface area contributed by atoms with Crippen molar-refractivity contribution in [3.8, 4) is 11.5 Å². The van der Waals surface area contributed by atoms with E-state index in [4.69, 9.17) is 51.8 Å². The zero-order valence-corrected chi connectivity index (χ0v) is 74.7. The smallest absolute Gasteiger partial charge is 0.443 e. The summed E-state index contributed by atoms with van der Waals surface area (Å²) in [6.07, 6.45) is -6.81. The summed E-state index contributed by atoms with van der Waals surface area (Å²) in [4.78, 5) is 126. The number of nitrogens with zero attached hydrogens (tertiary/aromatic N) is 8. The lowest BCUT2D eigenvalue weighted by Gasteiger charge is -2.28. The molecule has 2 unspecified atom stereocenters. The van der Waals surface area contributed by atoms with Crippen LogP contribution in [0.15, 0.2) is 112 Å². The number of carbonyl (C=O) groups is 6. The molecule has 5 aromatic rings. The van der Waals surface area contributed by atoms with Crippen molar-refractivity contribution in [3.63, 3.8) is 0 Å². The van der Waals surface area contributed by atoms with Crippen LogP contribution in [-0.2, 0) is 55.8 Å². The molecule has 0 aliphatic carbocycles. The zero-order chi connectivity index (χ0) is 87.9. The summed E-state index contributed by atoms with van der Waals surface area (Å²) < 4.78 is 130. The number of alkyl halides is 3. The first kappa shape index (κ1) is 98.9. The van der Waals surface area contributed by atoms with E-state index in [0.29, 0.717) is 9.80 Å². The van der Waals surface area contributed by atoms with Crippen LogP contribution in [0.2, 0.25) is 0 Å². The molecule has 4 amide bonds. The lowest BCUT2D eigenvalue weighted by molar-refractivity contribution is -0.118. The van der Waals surface area contributed by atoms with E-state index in [1.54, 1.807) is 199 Å². The van der Waals surface area contributed by atoms with Gasteiger partial charge in [-0.25, -0.2) is 55.9 Å². The van der Waals surface area contributed by atoms with E-state index < -0.39 is 160 Å². The fourth-order valence-corrected chi connectivity index (χ4v) is 19.1. The van der Waals surface area contributed by atoms with Crippen molar-refractivity contribution < 1.29 is 107 Å². The van der Waals surface area contributed by atoms with E-state index in [1.807, 2.05) is 0 Å². The molecule has 650 valence electrons. The molecule has 3 aromatic heterocycles. The van der Waals surface area contributed by atoms with Gasteiger partial charge in [-0.3, -0.25) is 41.4 Å². The molecule has 3 aliphatic rings. The molecule has 42 heteroatoms. The predicted octanol–water partition coefficient (Wildman–Crippen LogP) is 15.2. The second-order valence-corrected chi connectivity index (χ2v) is 42.1. The van der Waals surface area contributed by atoms with Crippen molar-refractivity contribution in [3.05, 3.63) is 129 Å². The Balaban J connectivity index is 0.000000282. The number of thioether (sulfide) groups is 5. The summed E-state index contributed by atoms with van der Waals surface area (Å²) in [5.74, 6) is -0.927. The van der Waals surface area contributed by atoms with Crippen LogP contribution in [0.3, 0.4) is 0 Å². The van der Waals surface area contributed by atoms with Crippen LogP contribution in [-0.4, -0.2) is 181 Å². The molecule has 3 fully saturated rings. The van der Waals surface area contributed by atoms with E-state index in [1.165, 1.54) is 36.8 Å². The number of phosphoric acid groups is 2. The molecule has 0 radical (unpaired) electrons. The van der Waals surface area contributed by atoms with Gasteiger partial charge in [0.15, 0.2) is 28.0 Å². The highest BCUT2D eigenvalue weighted by Crippen LogP contribution is 2.55. The fourth-order valence-electron chi connectivity index (χ4n) is 10.1. The maximum atomic E-state index is 15.8. The van der Waals surface area contributed by atoms with Gasteiger partial charge in [0, 0.05) is 63.3 Å². The van der Waals surface area contributed by atoms with Crippen molar-refractivity contribution >= 4 is 127 Å². The molecule has 3 saturated heterocycles. The minimum atomic E-state index is -4.24. The molecule has 8 rings (SSSR count). The number of hydrogen-bond donors (Lipinski definition) is 3. The van der Waals surface area contributed by atoms with Gasteiger partial charge in [-0.15, -0.1) is 35.3 Å².